The molecule has 1 atom stereocenters. The van der Waals surface area contributed by atoms with E-state index in [0.29, 0.717) is 12.3 Å². The third-order valence-electron chi connectivity index (χ3n) is 7.62. The highest BCUT2D eigenvalue weighted by atomic mass is 32.2. The highest BCUT2D eigenvalue weighted by Gasteiger charge is 2.34. The zero-order chi connectivity index (χ0) is 33.3. The Labute approximate surface area is 273 Å². The van der Waals surface area contributed by atoms with Gasteiger partial charge in [-0.15, -0.1) is 0 Å². The highest BCUT2D eigenvalue weighted by molar-refractivity contribution is 7.92. The van der Waals surface area contributed by atoms with Gasteiger partial charge >= 0.3 is 0 Å². The Morgan fingerprint density at radius 3 is 2.13 bits per heavy atom. The van der Waals surface area contributed by atoms with E-state index < -0.39 is 28.5 Å². The van der Waals surface area contributed by atoms with Crippen LogP contribution in [0.3, 0.4) is 0 Å². The van der Waals surface area contributed by atoms with Crippen LogP contribution in [0.25, 0.3) is 0 Å². The molecule has 0 spiro atoms. The van der Waals surface area contributed by atoms with E-state index in [4.69, 9.17) is 4.74 Å². The van der Waals surface area contributed by atoms with Crippen molar-refractivity contribution >= 4 is 27.5 Å². The fourth-order valence-electron chi connectivity index (χ4n) is 5.12. The van der Waals surface area contributed by atoms with Gasteiger partial charge in [-0.2, -0.15) is 0 Å². The largest absolute Gasteiger partial charge is 0.497 e. The Kier molecular flexibility index (Phi) is 11.6. The van der Waals surface area contributed by atoms with E-state index in [2.05, 4.69) is 5.32 Å². The number of nitrogens with one attached hydrogen (secondary N) is 1. The minimum absolute atomic E-state index is 0.0504. The first-order chi connectivity index (χ1) is 22.0. The van der Waals surface area contributed by atoms with Gasteiger partial charge < -0.3 is 15.0 Å². The first-order valence-electron chi connectivity index (χ1n) is 15.4. The molecule has 9 heteroatoms. The molecule has 0 fully saturated rings. The number of sulfonamides is 1. The minimum Gasteiger partial charge on any atom is -0.497 e. The molecule has 4 aromatic carbocycles. The molecule has 0 aliphatic carbocycles. The smallest absolute Gasteiger partial charge is 0.264 e. The molecule has 4 rings (SSSR count). The van der Waals surface area contributed by atoms with Crippen LogP contribution in [-0.2, 0) is 32.6 Å². The van der Waals surface area contributed by atoms with E-state index in [-0.39, 0.29) is 35.4 Å². The third-order valence-corrected chi connectivity index (χ3v) is 9.41. The van der Waals surface area contributed by atoms with Crippen molar-refractivity contribution in [2.45, 2.75) is 51.6 Å². The predicted molar refractivity (Wildman–Crippen MR) is 182 cm³/mol. The van der Waals surface area contributed by atoms with Gasteiger partial charge in [0.2, 0.25) is 11.8 Å². The van der Waals surface area contributed by atoms with Crippen molar-refractivity contribution in [3.8, 4) is 5.75 Å². The molecular weight excluding hydrogens is 598 g/mol. The van der Waals surface area contributed by atoms with Crippen LogP contribution >= 0.6 is 0 Å². The lowest BCUT2D eigenvalue weighted by atomic mass is 10.0. The van der Waals surface area contributed by atoms with Crippen LogP contribution < -0.4 is 14.4 Å². The standard InChI is InChI=1S/C37H43N3O5S/c1-27(2)24-38-37(42)35(22-30-12-7-6-8-13-30)39(25-31-14-9-11-29(4)21-31)36(41)26-40(32-15-10-16-33(23-32)45-5)46(43,44)34-19-17-28(3)18-20-34/h6-21,23,27,35H,22,24-26H2,1-5H3,(H,38,42)/t35-/m0/s1. The van der Waals surface area contributed by atoms with E-state index >= 15 is 0 Å². The van der Waals surface area contributed by atoms with Crippen molar-refractivity contribution in [1.82, 2.24) is 10.2 Å². The minimum atomic E-state index is -4.20. The number of anilines is 1. The lowest BCUT2D eigenvalue weighted by Gasteiger charge is -2.34. The summed E-state index contributed by atoms with van der Waals surface area (Å²) in [6, 6.07) is 29.5. The van der Waals surface area contributed by atoms with Crippen LogP contribution in [0.15, 0.2) is 108 Å². The maximum absolute atomic E-state index is 14.6. The van der Waals surface area contributed by atoms with Crippen molar-refractivity contribution in [3.05, 3.63) is 125 Å². The molecular formula is C37H43N3O5S. The Balaban J connectivity index is 1.81. The van der Waals surface area contributed by atoms with Gasteiger partial charge in [-0.25, -0.2) is 8.42 Å². The van der Waals surface area contributed by atoms with Gasteiger partial charge in [0.25, 0.3) is 10.0 Å². The predicted octanol–water partition coefficient (Wildman–Crippen LogP) is 5.92. The van der Waals surface area contributed by atoms with Gasteiger partial charge in [-0.3, -0.25) is 13.9 Å². The Bertz CT molecular complexity index is 1720. The van der Waals surface area contributed by atoms with Crippen LogP contribution in [0.1, 0.15) is 36.1 Å². The summed E-state index contributed by atoms with van der Waals surface area (Å²) in [6.07, 6.45) is 0.256. The van der Waals surface area contributed by atoms with Crippen LogP contribution in [0.4, 0.5) is 5.69 Å². The number of aryl methyl sites for hydroxylation is 2. The zero-order valence-corrected chi connectivity index (χ0v) is 28.0. The quantitative estimate of drug-likeness (QED) is 0.185. The summed E-state index contributed by atoms with van der Waals surface area (Å²) in [4.78, 5) is 30.0. The molecule has 0 aliphatic heterocycles. The molecule has 0 aliphatic rings. The van der Waals surface area contributed by atoms with Gasteiger partial charge in [0, 0.05) is 25.6 Å². The zero-order valence-electron chi connectivity index (χ0n) is 27.1. The van der Waals surface area contributed by atoms with Crippen molar-refractivity contribution in [3.63, 3.8) is 0 Å². The summed E-state index contributed by atoms with van der Waals surface area (Å²) in [7, 11) is -2.70. The monoisotopic (exact) mass is 641 g/mol. The number of nitrogens with zero attached hydrogens (tertiary/aromatic N) is 2. The summed E-state index contributed by atoms with van der Waals surface area (Å²) in [5.74, 6) is -0.167. The molecule has 8 nitrogen and oxygen atoms in total. The van der Waals surface area contributed by atoms with Crippen molar-refractivity contribution in [1.29, 1.82) is 0 Å². The van der Waals surface area contributed by atoms with Crippen LogP contribution in [0.5, 0.6) is 5.75 Å². The molecule has 1 N–H and O–H groups in total. The first kappa shape index (κ1) is 34.2. The molecule has 46 heavy (non-hydrogen) atoms. The van der Waals surface area contributed by atoms with E-state index in [9.17, 15) is 18.0 Å². The maximum Gasteiger partial charge on any atom is 0.264 e. The van der Waals surface area contributed by atoms with Crippen molar-refractivity contribution in [2.24, 2.45) is 5.92 Å². The fraction of sp³-hybridized carbons (Fsp3) is 0.297. The number of benzene rings is 4. The average Bonchev–Trinajstić information content (AvgIpc) is 3.04. The summed E-state index contributed by atoms with van der Waals surface area (Å²) in [5.41, 5.74) is 3.90. The third kappa shape index (κ3) is 8.97. The second kappa shape index (κ2) is 15.6. The number of ether oxygens (including phenoxy) is 1. The summed E-state index contributed by atoms with van der Waals surface area (Å²) in [5, 5.41) is 3.02. The van der Waals surface area contributed by atoms with E-state index in [1.165, 1.54) is 24.1 Å². The fourth-order valence-corrected chi connectivity index (χ4v) is 6.52. The number of rotatable bonds is 14. The molecule has 0 aromatic heterocycles. The lowest BCUT2D eigenvalue weighted by molar-refractivity contribution is -0.140. The number of hydrogen-bond acceptors (Lipinski definition) is 5. The number of carbonyl (C=O) groups is 2. The maximum atomic E-state index is 14.6. The van der Waals surface area contributed by atoms with Gasteiger partial charge in [0.15, 0.2) is 0 Å². The number of carbonyl (C=O) groups excluding carboxylic acids is 2. The Hall–Kier alpha value is -4.63. The normalized spacial score (nSPS) is 12.0. The van der Waals surface area contributed by atoms with Crippen molar-refractivity contribution < 1.29 is 22.7 Å². The van der Waals surface area contributed by atoms with Crippen LogP contribution in [-0.4, -0.2) is 51.4 Å². The second-order valence-corrected chi connectivity index (χ2v) is 13.7. The van der Waals surface area contributed by atoms with E-state index in [1.54, 1.807) is 36.4 Å². The van der Waals surface area contributed by atoms with Gasteiger partial charge in [0.1, 0.15) is 18.3 Å². The van der Waals surface area contributed by atoms with Gasteiger partial charge in [-0.05, 0) is 55.2 Å². The summed E-state index contributed by atoms with van der Waals surface area (Å²) in [6.45, 7) is 7.87. The molecule has 0 unspecified atom stereocenters. The Morgan fingerprint density at radius 2 is 1.48 bits per heavy atom. The molecule has 4 aromatic rings. The summed E-state index contributed by atoms with van der Waals surface area (Å²) < 4.78 is 34.9. The SMILES string of the molecule is COc1cccc(N(CC(=O)N(Cc2cccc(C)c2)[C@@H](Cc2ccccc2)C(=O)NCC(C)C)S(=O)(=O)c2ccc(C)cc2)c1. The van der Waals surface area contributed by atoms with Gasteiger partial charge in [0.05, 0.1) is 17.7 Å². The molecule has 2 amide bonds. The highest BCUT2D eigenvalue weighted by Crippen LogP contribution is 2.28. The van der Waals surface area contributed by atoms with E-state index in [1.807, 2.05) is 82.3 Å². The molecule has 0 saturated heterocycles. The number of methoxy groups -OCH3 is 1. The average molecular weight is 642 g/mol. The molecule has 0 bridgehead atoms. The second-order valence-electron chi connectivity index (χ2n) is 11.9. The van der Waals surface area contributed by atoms with Gasteiger partial charge in [-0.1, -0.05) is 97.8 Å². The molecule has 0 saturated carbocycles. The molecule has 0 heterocycles. The van der Waals surface area contributed by atoms with Crippen LogP contribution in [0, 0.1) is 19.8 Å². The van der Waals surface area contributed by atoms with E-state index in [0.717, 1.165) is 26.6 Å². The van der Waals surface area contributed by atoms with Crippen LogP contribution in [0.2, 0.25) is 0 Å². The topological polar surface area (TPSA) is 96.0 Å². The lowest BCUT2D eigenvalue weighted by Crippen LogP contribution is -2.53. The number of hydrogen-bond donors (Lipinski definition) is 1. The molecule has 0 radical (unpaired) electrons. The summed E-state index contributed by atoms with van der Waals surface area (Å²) >= 11 is 0. The Morgan fingerprint density at radius 1 is 0.804 bits per heavy atom. The first-order valence-corrected chi connectivity index (χ1v) is 16.8. The van der Waals surface area contributed by atoms with Crippen molar-refractivity contribution in [2.75, 3.05) is 24.5 Å². The molecule has 242 valence electrons. The number of amides is 2.